The molecule has 0 unspecified atom stereocenters. The number of halogens is 1. The standard InChI is InChI=1S/C19H16FN5O2/c20-12-7-5-11(6-8-12)9-16-22-19(25-24-16)23-17(26)10-15-13-3-1-2-4-14(13)18(27)21-15/h1-8,15H,9-10H2,(H,21,27)(H2,22,23,24,25,26)/t15-/m0/s1. The molecule has 0 radical (unpaired) electrons. The van der Waals surface area contributed by atoms with E-state index < -0.39 is 0 Å². The van der Waals surface area contributed by atoms with Crippen molar-refractivity contribution < 1.29 is 14.0 Å². The summed E-state index contributed by atoms with van der Waals surface area (Å²) < 4.78 is 12.9. The summed E-state index contributed by atoms with van der Waals surface area (Å²) in [6.45, 7) is 0. The number of fused-ring (bicyclic) bond motifs is 1. The van der Waals surface area contributed by atoms with Gasteiger partial charge in [0.05, 0.1) is 12.5 Å². The van der Waals surface area contributed by atoms with Crippen LogP contribution in [0, 0.1) is 5.82 Å². The van der Waals surface area contributed by atoms with Crippen molar-refractivity contribution >= 4 is 17.8 Å². The maximum Gasteiger partial charge on any atom is 0.252 e. The number of benzene rings is 2. The highest BCUT2D eigenvalue weighted by molar-refractivity contribution is 6.00. The van der Waals surface area contributed by atoms with Crippen molar-refractivity contribution in [3.8, 4) is 0 Å². The van der Waals surface area contributed by atoms with Crippen molar-refractivity contribution in [2.75, 3.05) is 5.32 Å². The number of hydrogen-bond donors (Lipinski definition) is 3. The first-order valence-corrected chi connectivity index (χ1v) is 8.44. The van der Waals surface area contributed by atoms with E-state index in [0.717, 1.165) is 11.1 Å². The summed E-state index contributed by atoms with van der Waals surface area (Å²) >= 11 is 0. The van der Waals surface area contributed by atoms with Crippen LogP contribution in [-0.4, -0.2) is 27.0 Å². The van der Waals surface area contributed by atoms with Crippen LogP contribution in [0.3, 0.4) is 0 Å². The fourth-order valence-electron chi connectivity index (χ4n) is 3.07. The number of H-pyrrole nitrogens is 1. The van der Waals surface area contributed by atoms with E-state index >= 15 is 0 Å². The molecular weight excluding hydrogens is 349 g/mol. The quantitative estimate of drug-likeness (QED) is 0.646. The van der Waals surface area contributed by atoms with Crippen LogP contribution in [0.2, 0.25) is 0 Å². The van der Waals surface area contributed by atoms with Crippen LogP contribution in [0.1, 0.15) is 39.8 Å². The molecule has 136 valence electrons. The van der Waals surface area contributed by atoms with Crippen molar-refractivity contribution in [1.82, 2.24) is 20.5 Å². The Kier molecular flexibility index (Phi) is 4.37. The number of rotatable bonds is 5. The predicted molar refractivity (Wildman–Crippen MR) is 95.5 cm³/mol. The molecule has 1 aliphatic rings. The average Bonchev–Trinajstić information content (AvgIpc) is 3.22. The molecule has 0 fully saturated rings. The fraction of sp³-hybridized carbons (Fsp3) is 0.158. The lowest BCUT2D eigenvalue weighted by Crippen LogP contribution is -2.24. The number of aromatic amines is 1. The van der Waals surface area contributed by atoms with Crippen LogP contribution in [-0.2, 0) is 11.2 Å². The maximum atomic E-state index is 12.9. The number of nitrogens with one attached hydrogen (secondary N) is 3. The third-order valence-electron chi connectivity index (χ3n) is 4.34. The lowest BCUT2D eigenvalue weighted by atomic mass is 10.0. The first kappa shape index (κ1) is 16.9. The zero-order valence-electron chi connectivity index (χ0n) is 14.2. The third kappa shape index (κ3) is 3.69. The average molecular weight is 365 g/mol. The van der Waals surface area contributed by atoms with Crippen molar-refractivity contribution in [2.24, 2.45) is 0 Å². The van der Waals surface area contributed by atoms with Gasteiger partial charge in [-0.25, -0.2) is 4.39 Å². The van der Waals surface area contributed by atoms with Crippen LogP contribution >= 0.6 is 0 Å². The molecule has 0 aliphatic carbocycles. The molecule has 0 saturated heterocycles. The molecule has 1 aromatic heterocycles. The van der Waals surface area contributed by atoms with Crippen LogP contribution in [0.4, 0.5) is 10.3 Å². The minimum atomic E-state index is -0.369. The van der Waals surface area contributed by atoms with Gasteiger partial charge in [-0.2, -0.15) is 4.98 Å². The normalized spacial score (nSPS) is 15.3. The number of anilines is 1. The van der Waals surface area contributed by atoms with Crippen molar-refractivity contribution in [2.45, 2.75) is 18.9 Å². The van der Waals surface area contributed by atoms with Gasteiger partial charge >= 0.3 is 0 Å². The Morgan fingerprint density at radius 3 is 2.74 bits per heavy atom. The molecule has 2 aromatic carbocycles. The highest BCUT2D eigenvalue weighted by Gasteiger charge is 2.29. The van der Waals surface area contributed by atoms with E-state index in [1.54, 1.807) is 24.3 Å². The molecule has 1 aliphatic heterocycles. The first-order chi connectivity index (χ1) is 13.1. The molecule has 1 atom stereocenters. The lowest BCUT2D eigenvalue weighted by Gasteiger charge is -2.10. The second-order valence-corrected chi connectivity index (χ2v) is 6.27. The highest BCUT2D eigenvalue weighted by atomic mass is 19.1. The Labute approximate surface area is 154 Å². The number of nitrogens with zero attached hydrogens (tertiary/aromatic N) is 2. The molecule has 2 heterocycles. The van der Waals surface area contributed by atoms with E-state index in [1.807, 2.05) is 12.1 Å². The van der Waals surface area contributed by atoms with Gasteiger partial charge in [-0.15, -0.1) is 5.10 Å². The Morgan fingerprint density at radius 2 is 1.93 bits per heavy atom. The molecule has 7 nitrogen and oxygen atoms in total. The van der Waals surface area contributed by atoms with E-state index in [4.69, 9.17) is 0 Å². The van der Waals surface area contributed by atoms with E-state index in [9.17, 15) is 14.0 Å². The molecule has 0 bridgehead atoms. The monoisotopic (exact) mass is 365 g/mol. The van der Waals surface area contributed by atoms with Gasteiger partial charge in [0.1, 0.15) is 11.6 Å². The molecule has 3 aromatic rings. The molecule has 8 heteroatoms. The third-order valence-corrected chi connectivity index (χ3v) is 4.34. The van der Waals surface area contributed by atoms with Gasteiger partial charge < -0.3 is 5.32 Å². The summed E-state index contributed by atoms with van der Waals surface area (Å²) in [6.07, 6.45) is 0.528. The van der Waals surface area contributed by atoms with Crippen molar-refractivity contribution in [3.05, 3.63) is 76.9 Å². The molecule has 27 heavy (non-hydrogen) atoms. The summed E-state index contributed by atoms with van der Waals surface area (Å²) in [5.74, 6) is -0.0665. The fourth-order valence-corrected chi connectivity index (χ4v) is 3.07. The number of amides is 2. The Bertz CT molecular complexity index is 999. The first-order valence-electron chi connectivity index (χ1n) is 8.44. The topological polar surface area (TPSA) is 99.8 Å². The second-order valence-electron chi connectivity index (χ2n) is 6.27. The Balaban J connectivity index is 1.37. The van der Waals surface area contributed by atoms with E-state index in [1.165, 1.54) is 12.1 Å². The van der Waals surface area contributed by atoms with Gasteiger partial charge in [-0.05, 0) is 29.3 Å². The number of carbonyl (C=O) groups excluding carboxylic acids is 2. The molecule has 3 N–H and O–H groups in total. The largest absolute Gasteiger partial charge is 0.345 e. The summed E-state index contributed by atoms with van der Waals surface area (Å²) in [5.41, 5.74) is 2.27. The number of carbonyl (C=O) groups is 2. The predicted octanol–water partition coefficient (Wildman–Crippen LogP) is 2.35. The Hall–Kier alpha value is -3.55. The zero-order valence-corrected chi connectivity index (χ0v) is 14.2. The van der Waals surface area contributed by atoms with Gasteiger partial charge in [0, 0.05) is 12.0 Å². The van der Waals surface area contributed by atoms with Gasteiger partial charge in [-0.1, -0.05) is 30.3 Å². The number of aromatic nitrogens is 3. The van der Waals surface area contributed by atoms with E-state index in [-0.39, 0.29) is 36.0 Å². The van der Waals surface area contributed by atoms with E-state index in [2.05, 4.69) is 25.8 Å². The minimum Gasteiger partial charge on any atom is -0.345 e. The molecular formula is C19H16FN5O2. The summed E-state index contributed by atoms with van der Waals surface area (Å²) in [5, 5.41) is 12.2. The van der Waals surface area contributed by atoms with Gasteiger partial charge in [0.25, 0.3) is 5.91 Å². The van der Waals surface area contributed by atoms with Crippen molar-refractivity contribution in [3.63, 3.8) is 0 Å². The molecule has 0 saturated carbocycles. The SMILES string of the molecule is O=C(C[C@@H]1NC(=O)c2ccccc21)Nc1n[nH]c(Cc2ccc(F)cc2)n1. The number of hydrogen-bond acceptors (Lipinski definition) is 4. The summed E-state index contributed by atoms with van der Waals surface area (Å²) in [4.78, 5) is 28.4. The summed E-state index contributed by atoms with van der Waals surface area (Å²) in [6, 6.07) is 12.9. The van der Waals surface area contributed by atoms with Gasteiger partial charge in [0.15, 0.2) is 0 Å². The van der Waals surface area contributed by atoms with Crippen LogP contribution < -0.4 is 10.6 Å². The van der Waals surface area contributed by atoms with Gasteiger partial charge in [0.2, 0.25) is 11.9 Å². The molecule has 0 spiro atoms. The van der Waals surface area contributed by atoms with Crippen LogP contribution in [0.15, 0.2) is 48.5 Å². The van der Waals surface area contributed by atoms with Crippen LogP contribution in [0.25, 0.3) is 0 Å². The highest BCUT2D eigenvalue weighted by Crippen LogP contribution is 2.27. The van der Waals surface area contributed by atoms with E-state index in [0.29, 0.717) is 17.8 Å². The second kappa shape index (κ2) is 6.99. The maximum absolute atomic E-state index is 12.9. The van der Waals surface area contributed by atoms with Crippen LogP contribution in [0.5, 0.6) is 0 Å². The van der Waals surface area contributed by atoms with Crippen molar-refractivity contribution in [1.29, 1.82) is 0 Å². The minimum absolute atomic E-state index is 0.0879. The zero-order chi connectivity index (χ0) is 18.8. The Morgan fingerprint density at radius 1 is 1.15 bits per heavy atom. The van der Waals surface area contributed by atoms with Gasteiger partial charge in [-0.3, -0.25) is 20.0 Å². The lowest BCUT2D eigenvalue weighted by molar-refractivity contribution is -0.116. The molecule has 2 amide bonds. The summed E-state index contributed by atoms with van der Waals surface area (Å²) in [7, 11) is 0. The molecule has 4 rings (SSSR count). The smallest absolute Gasteiger partial charge is 0.252 e.